The molecule has 2 rings (SSSR count). The fourth-order valence-electron chi connectivity index (χ4n) is 2.34. The quantitative estimate of drug-likeness (QED) is 0.811. The van der Waals surface area contributed by atoms with E-state index in [-0.39, 0.29) is 0 Å². The van der Waals surface area contributed by atoms with E-state index in [1.807, 2.05) is 6.07 Å². The zero-order valence-electron chi connectivity index (χ0n) is 10.2. The largest absolute Gasteiger partial charge is 0.310 e. The zero-order chi connectivity index (χ0) is 12.3. The monoisotopic (exact) mass is 315 g/mol. The number of hydrogen-bond acceptors (Lipinski definition) is 1. The molecule has 17 heavy (non-hydrogen) atoms. The highest BCUT2D eigenvalue weighted by atomic mass is 79.9. The molecule has 1 nitrogen and oxygen atoms in total. The second kappa shape index (κ2) is 6.21. The molecule has 1 aliphatic carbocycles. The Morgan fingerprint density at radius 2 is 2.24 bits per heavy atom. The number of nitrogens with one attached hydrogen (secondary N) is 1. The van der Waals surface area contributed by atoms with Crippen LogP contribution in [0.3, 0.4) is 0 Å². The van der Waals surface area contributed by atoms with E-state index in [1.165, 1.54) is 31.2 Å². The first-order valence-corrected chi connectivity index (χ1v) is 7.57. The van der Waals surface area contributed by atoms with E-state index >= 15 is 0 Å². The number of benzene rings is 1. The van der Waals surface area contributed by atoms with Crippen molar-refractivity contribution < 1.29 is 0 Å². The lowest BCUT2D eigenvalue weighted by Gasteiger charge is -2.35. The van der Waals surface area contributed by atoms with Crippen molar-refractivity contribution in [2.75, 3.05) is 6.54 Å². The second-order valence-electron chi connectivity index (χ2n) is 4.80. The fraction of sp³-hybridized carbons (Fsp3) is 0.571. The summed E-state index contributed by atoms with van der Waals surface area (Å²) in [6.45, 7) is 3.30. The van der Waals surface area contributed by atoms with Gasteiger partial charge in [-0.15, -0.1) is 0 Å². The van der Waals surface area contributed by atoms with Crippen LogP contribution < -0.4 is 5.32 Å². The van der Waals surface area contributed by atoms with E-state index < -0.39 is 0 Å². The first-order valence-electron chi connectivity index (χ1n) is 6.40. The van der Waals surface area contributed by atoms with Crippen molar-refractivity contribution in [3.63, 3.8) is 0 Å². The van der Waals surface area contributed by atoms with E-state index in [0.717, 1.165) is 22.0 Å². The summed E-state index contributed by atoms with van der Waals surface area (Å²) in [7, 11) is 0. The summed E-state index contributed by atoms with van der Waals surface area (Å²) in [4.78, 5) is 0. The predicted octanol–water partition coefficient (Wildman–Crippen LogP) is 4.94. The Hall–Kier alpha value is -0.0500. The van der Waals surface area contributed by atoms with Crippen molar-refractivity contribution in [1.82, 2.24) is 5.32 Å². The van der Waals surface area contributed by atoms with Crippen LogP contribution in [0.15, 0.2) is 22.7 Å². The van der Waals surface area contributed by atoms with Crippen molar-refractivity contribution >= 4 is 27.5 Å². The van der Waals surface area contributed by atoms with E-state index in [9.17, 15) is 0 Å². The van der Waals surface area contributed by atoms with Crippen molar-refractivity contribution in [1.29, 1.82) is 0 Å². The average molecular weight is 317 g/mol. The molecule has 1 atom stereocenters. The minimum absolute atomic E-state index is 0.497. The molecule has 1 saturated carbocycles. The molecule has 0 bridgehead atoms. The van der Waals surface area contributed by atoms with Gasteiger partial charge in [0.05, 0.1) is 5.02 Å². The van der Waals surface area contributed by atoms with Gasteiger partial charge in [0.1, 0.15) is 0 Å². The molecule has 0 aromatic heterocycles. The van der Waals surface area contributed by atoms with Gasteiger partial charge in [0.15, 0.2) is 0 Å². The van der Waals surface area contributed by atoms with Crippen molar-refractivity contribution in [3.05, 3.63) is 33.3 Å². The molecule has 94 valence electrons. The maximum Gasteiger partial charge on any atom is 0.0548 e. The Morgan fingerprint density at radius 3 is 2.76 bits per heavy atom. The van der Waals surface area contributed by atoms with Gasteiger partial charge in [-0.1, -0.05) is 31.0 Å². The smallest absolute Gasteiger partial charge is 0.0548 e. The lowest BCUT2D eigenvalue weighted by Crippen LogP contribution is -2.32. The van der Waals surface area contributed by atoms with Gasteiger partial charge in [0, 0.05) is 10.5 Å². The maximum atomic E-state index is 6.05. The van der Waals surface area contributed by atoms with Crippen molar-refractivity contribution in [2.24, 2.45) is 5.92 Å². The topological polar surface area (TPSA) is 12.0 Å². The van der Waals surface area contributed by atoms with Gasteiger partial charge in [-0.05, 0) is 65.4 Å². The third kappa shape index (κ3) is 3.24. The summed E-state index contributed by atoms with van der Waals surface area (Å²) in [6.07, 6.45) is 5.25. The van der Waals surface area contributed by atoms with Gasteiger partial charge in [0.25, 0.3) is 0 Å². The molecule has 1 unspecified atom stereocenters. The van der Waals surface area contributed by atoms with Crippen LogP contribution in [0, 0.1) is 5.92 Å². The minimum Gasteiger partial charge on any atom is -0.310 e. The molecular weight excluding hydrogens is 298 g/mol. The van der Waals surface area contributed by atoms with E-state index in [2.05, 4.69) is 40.3 Å². The van der Waals surface area contributed by atoms with Crippen LogP contribution in [0.2, 0.25) is 5.02 Å². The summed E-state index contributed by atoms with van der Waals surface area (Å²) >= 11 is 9.56. The lowest BCUT2D eigenvalue weighted by molar-refractivity contribution is 0.231. The van der Waals surface area contributed by atoms with Gasteiger partial charge in [-0.2, -0.15) is 0 Å². The van der Waals surface area contributed by atoms with Crippen LogP contribution in [-0.2, 0) is 0 Å². The molecule has 1 aromatic carbocycles. The van der Waals surface area contributed by atoms with Crippen molar-refractivity contribution in [3.8, 4) is 0 Å². The Balaban J connectivity index is 2.15. The molecule has 1 N–H and O–H groups in total. The summed E-state index contributed by atoms with van der Waals surface area (Å²) < 4.78 is 0.999. The van der Waals surface area contributed by atoms with Gasteiger partial charge >= 0.3 is 0 Å². The van der Waals surface area contributed by atoms with E-state index in [0.29, 0.717) is 6.04 Å². The molecule has 1 fully saturated rings. The molecule has 0 amide bonds. The summed E-state index contributed by atoms with van der Waals surface area (Å²) in [5, 5.41) is 4.46. The van der Waals surface area contributed by atoms with Gasteiger partial charge in [-0.25, -0.2) is 0 Å². The standard InChI is InChI=1S/C14H19BrClN/c1-2-8-17-14(10-4-3-5-10)11-6-7-13(16)12(15)9-11/h6-7,9-10,14,17H,2-5,8H2,1H3. The number of hydrogen-bond donors (Lipinski definition) is 1. The highest BCUT2D eigenvalue weighted by molar-refractivity contribution is 9.10. The van der Waals surface area contributed by atoms with E-state index in [4.69, 9.17) is 11.6 Å². The van der Waals surface area contributed by atoms with Crippen LogP contribution in [0.25, 0.3) is 0 Å². The molecule has 0 spiro atoms. The van der Waals surface area contributed by atoms with Gasteiger partial charge < -0.3 is 5.32 Å². The maximum absolute atomic E-state index is 6.05. The lowest BCUT2D eigenvalue weighted by atomic mass is 9.77. The molecule has 1 aromatic rings. The third-order valence-electron chi connectivity index (χ3n) is 3.54. The summed E-state index contributed by atoms with van der Waals surface area (Å²) in [5.74, 6) is 0.801. The first-order chi connectivity index (χ1) is 8.22. The van der Waals surface area contributed by atoms with Crippen LogP contribution in [0.5, 0.6) is 0 Å². The third-order valence-corrected chi connectivity index (χ3v) is 4.75. The van der Waals surface area contributed by atoms with E-state index in [1.54, 1.807) is 0 Å². The molecule has 3 heteroatoms. The SMILES string of the molecule is CCCNC(c1ccc(Cl)c(Br)c1)C1CCC1. The second-order valence-corrected chi connectivity index (χ2v) is 6.06. The summed E-state index contributed by atoms with van der Waals surface area (Å²) in [6, 6.07) is 6.80. The number of rotatable bonds is 5. The van der Waals surface area contributed by atoms with Crippen LogP contribution >= 0.6 is 27.5 Å². The predicted molar refractivity (Wildman–Crippen MR) is 77.5 cm³/mol. The van der Waals surface area contributed by atoms with Crippen LogP contribution in [0.4, 0.5) is 0 Å². The van der Waals surface area contributed by atoms with Gasteiger partial charge in [0.2, 0.25) is 0 Å². The first kappa shape index (κ1) is 13.4. The van der Waals surface area contributed by atoms with Gasteiger partial charge in [-0.3, -0.25) is 0 Å². The number of halogens is 2. The molecular formula is C14H19BrClN. The molecule has 1 aliphatic rings. The Bertz CT molecular complexity index is 376. The summed E-state index contributed by atoms with van der Waals surface area (Å²) in [5.41, 5.74) is 1.36. The molecule has 0 saturated heterocycles. The fourth-order valence-corrected chi connectivity index (χ4v) is 2.85. The molecule has 0 radical (unpaired) electrons. The zero-order valence-corrected chi connectivity index (χ0v) is 12.5. The average Bonchev–Trinajstić information content (AvgIpc) is 2.25. The highest BCUT2D eigenvalue weighted by Gasteiger charge is 2.28. The van der Waals surface area contributed by atoms with Crippen LogP contribution in [-0.4, -0.2) is 6.54 Å². The molecule has 0 aliphatic heterocycles. The Morgan fingerprint density at radius 1 is 1.47 bits per heavy atom. The Kier molecular flexibility index (Phi) is 4.89. The van der Waals surface area contributed by atoms with Crippen molar-refractivity contribution in [2.45, 2.75) is 38.6 Å². The molecule has 0 heterocycles. The van der Waals surface area contributed by atoms with Crippen LogP contribution in [0.1, 0.15) is 44.2 Å². The highest BCUT2D eigenvalue weighted by Crippen LogP contribution is 2.39. The Labute approximate surface area is 117 Å². The normalized spacial score (nSPS) is 17.8. The minimum atomic E-state index is 0.497.